The first kappa shape index (κ1) is 75.7. The molecule has 0 radical (unpaired) electrons. The number of anilines is 6. The first-order valence-electron chi connectivity index (χ1n) is 33.5. The summed E-state index contributed by atoms with van der Waals surface area (Å²) in [5, 5.41) is 16.0. The molecule has 25 heteroatoms. The predicted octanol–water partition coefficient (Wildman–Crippen LogP) is 11.1. The lowest BCUT2D eigenvalue weighted by molar-refractivity contribution is -0.119. The fraction of sp³-hybridized carbons (Fsp3) is 0.479. The van der Waals surface area contributed by atoms with Gasteiger partial charge in [0.1, 0.15) is 39.7 Å². The maximum Gasteiger partial charge on any atom is 0.254 e. The molecule has 3 aromatic carbocycles. The lowest BCUT2D eigenvalue weighted by Gasteiger charge is -2.30. The maximum atomic E-state index is 12.0. The van der Waals surface area contributed by atoms with Crippen LogP contribution in [0, 0.1) is 0 Å². The molecular weight excluding hydrogens is 1220 g/mol. The van der Waals surface area contributed by atoms with E-state index in [0.29, 0.717) is 63.9 Å². The average Bonchev–Trinajstić information content (AvgIpc) is 0.835. The van der Waals surface area contributed by atoms with Crippen molar-refractivity contribution < 1.29 is 38.1 Å². The Kier molecular flexibility index (Phi) is 32.2. The summed E-state index contributed by atoms with van der Waals surface area (Å²) in [4.78, 5) is 71.1. The highest BCUT2D eigenvalue weighted by atomic mass is 16.5. The topological polar surface area (TPSA) is 342 Å². The van der Waals surface area contributed by atoms with Crippen molar-refractivity contribution in [1.29, 1.82) is 0 Å². The smallest absolute Gasteiger partial charge is 0.254 e. The third kappa shape index (κ3) is 25.1. The van der Waals surface area contributed by atoms with Crippen molar-refractivity contribution in [2.45, 2.75) is 162 Å². The molecule has 3 saturated carbocycles. The van der Waals surface area contributed by atoms with Crippen molar-refractivity contribution in [3.8, 4) is 11.5 Å². The van der Waals surface area contributed by atoms with E-state index in [1.807, 2.05) is 77.9 Å². The largest absolute Gasteiger partial charge is 0.488 e. The predicted molar refractivity (Wildman–Crippen MR) is 382 cm³/mol. The highest BCUT2D eigenvalue weighted by Gasteiger charge is 2.27. The molecule has 0 aliphatic heterocycles. The van der Waals surface area contributed by atoms with Gasteiger partial charge in [-0.1, -0.05) is 0 Å². The summed E-state index contributed by atoms with van der Waals surface area (Å²) >= 11 is 0. The molecule has 0 bridgehead atoms. The highest BCUT2D eigenvalue weighted by Crippen LogP contribution is 2.34. The number of ether oxygens (including phenoxy) is 5. The Labute approximate surface area is 565 Å². The number of aromatic nitrogens is 8. The Morgan fingerprint density at radius 2 is 0.823 bits per heavy atom. The molecule has 0 atom stereocenters. The third-order valence-corrected chi connectivity index (χ3v) is 15.7. The van der Waals surface area contributed by atoms with Gasteiger partial charge in [-0.3, -0.25) is 34.3 Å². The normalized spacial score (nSPS) is 17.8. The van der Waals surface area contributed by atoms with Crippen LogP contribution in [-0.2, 0) is 19.0 Å². The van der Waals surface area contributed by atoms with E-state index in [1.54, 1.807) is 107 Å². The quantitative estimate of drug-likeness (QED) is 0.0349. The molecule has 11 N–H and O–H groups in total. The number of nitrogens with two attached hydrogens (primary N) is 3. The molecular formula is C71H101N17O8. The molecule has 5 heterocycles. The van der Waals surface area contributed by atoms with Crippen molar-refractivity contribution in [3.63, 3.8) is 0 Å². The summed E-state index contributed by atoms with van der Waals surface area (Å²) in [6.07, 6.45) is 25.0. The van der Waals surface area contributed by atoms with Crippen LogP contribution in [0.4, 0.5) is 34.4 Å². The number of amides is 3. The molecule has 3 amide bonds. The van der Waals surface area contributed by atoms with Crippen molar-refractivity contribution in [2.24, 2.45) is 0 Å². The molecule has 11 rings (SSSR count). The molecule has 518 valence electrons. The third-order valence-electron chi connectivity index (χ3n) is 15.7. The van der Waals surface area contributed by atoms with Crippen LogP contribution in [-0.4, -0.2) is 160 Å². The summed E-state index contributed by atoms with van der Waals surface area (Å²) < 4.78 is 27.0. The van der Waals surface area contributed by atoms with E-state index in [9.17, 15) is 14.4 Å². The van der Waals surface area contributed by atoms with Gasteiger partial charge in [0.25, 0.3) is 11.8 Å². The van der Waals surface area contributed by atoms with Gasteiger partial charge in [0, 0.05) is 171 Å². The van der Waals surface area contributed by atoms with Gasteiger partial charge in [-0.15, -0.1) is 0 Å². The number of benzene rings is 3. The van der Waals surface area contributed by atoms with Gasteiger partial charge in [-0.05, 0) is 167 Å². The average molecular weight is 1320 g/mol. The van der Waals surface area contributed by atoms with E-state index in [2.05, 4.69) is 66.5 Å². The minimum absolute atomic E-state index is 0.0495. The summed E-state index contributed by atoms with van der Waals surface area (Å²) in [5.74, 6) is 2.80. The van der Waals surface area contributed by atoms with E-state index in [1.165, 1.54) is 0 Å². The van der Waals surface area contributed by atoms with E-state index in [-0.39, 0.29) is 29.9 Å². The van der Waals surface area contributed by atoms with E-state index < -0.39 is 0 Å². The summed E-state index contributed by atoms with van der Waals surface area (Å²) in [5.41, 5.74) is 26.5. The second kappa shape index (κ2) is 40.8. The van der Waals surface area contributed by atoms with Crippen LogP contribution < -0.4 is 53.3 Å². The van der Waals surface area contributed by atoms with Gasteiger partial charge >= 0.3 is 0 Å². The number of hydrogen-bond donors (Lipinski definition) is 8. The zero-order valence-electron chi connectivity index (χ0n) is 57.6. The van der Waals surface area contributed by atoms with Gasteiger partial charge in [0.2, 0.25) is 5.91 Å². The van der Waals surface area contributed by atoms with E-state index in [0.717, 1.165) is 167 Å². The van der Waals surface area contributed by atoms with Crippen LogP contribution in [0.2, 0.25) is 0 Å². The molecule has 25 nitrogen and oxygen atoms in total. The number of rotatable bonds is 19. The molecule has 8 aromatic rings. The molecule has 0 spiro atoms. The second-order valence-electron chi connectivity index (χ2n) is 23.2. The molecule has 96 heavy (non-hydrogen) atoms. The van der Waals surface area contributed by atoms with Gasteiger partial charge in [0.05, 0.1) is 45.6 Å². The lowest BCUT2D eigenvalue weighted by Crippen LogP contribution is -2.39. The fourth-order valence-electron chi connectivity index (χ4n) is 11.1. The Hall–Kier alpha value is -9.33. The molecule has 3 fully saturated rings. The van der Waals surface area contributed by atoms with Gasteiger partial charge in [-0.2, -0.15) is 0 Å². The van der Waals surface area contributed by atoms with Crippen LogP contribution in [0.5, 0.6) is 11.5 Å². The Bertz CT molecular complexity index is 3580. The van der Waals surface area contributed by atoms with Gasteiger partial charge in [-0.25, -0.2) is 19.9 Å². The van der Waals surface area contributed by atoms with Gasteiger partial charge < -0.3 is 72.4 Å². The molecule has 3 aliphatic rings. The van der Waals surface area contributed by atoms with Crippen molar-refractivity contribution in [1.82, 2.24) is 55.4 Å². The first-order chi connectivity index (χ1) is 46.5. The zero-order valence-corrected chi connectivity index (χ0v) is 57.6. The second-order valence-corrected chi connectivity index (χ2v) is 23.2. The van der Waals surface area contributed by atoms with Crippen molar-refractivity contribution in [2.75, 3.05) is 93.9 Å². The molecule has 0 saturated heterocycles. The zero-order chi connectivity index (χ0) is 69.2. The number of nitrogen functional groups attached to an aromatic ring is 3. The summed E-state index contributed by atoms with van der Waals surface area (Å²) in [6.45, 7) is 18.6. The van der Waals surface area contributed by atoms with Crippen LogP contribution in [0.3, 0.4) is 0 Å². The van der Waals surface area contributed by atoms with E-state index >= 15 is 0 Å². The number of nitrogens with zero attached hydrogens (tertiary/aromatic N) is 9. The van der Waals surface area contributed by atoms with Crippen molar-refractivity contribution in [3.05, 3.63) is 121 Å². The standard InChI is InChI=1S/C22H26N6O2.C21H24N6O2.C16H21N5O.3C4H10O/c1-28(2)22(29)14-3-8-20(26-13-14)27-16-4-6-17(7-5-16)30-19-12-15(23)11-18-21(19)25-10-9-24-18;1-23-21(28)13-2-7-19(26-12-13)27-15-3-5-16(6-4-15)29-18-11-14(22)10-17-20(18)25-9-8-24-17;1-10(22)20-12-2-4-13(5-3-12)21-15-9-11(17)8-14-16(15)19-7-6-18-14;3*1-3-5-4-2/h3,8-13,16-17H,4-7,23H2,1-2H3,(H,26,27);2,7-12,15-16H,3-6,22H2,1H3,(H,23,28)(H,26,27);6-9,12-13,21H,2-5,17H2,1H3,(H,20,22);3*3-4H2,1-2H3. The van der Waals surface area contributed by atoms with Crippen LogP contribution in [0.15, 0.2) is 110 Å². The minimum atomic E-state index is -0.138. The Morgan fingerprint density at radius 1 is 0.458 bits per heavy atom. The van der Waals surface area contributed by atoms with E-state index in [4.69, 9.17) is 40.9 Å². The molecule has 3 aliphatic carbocycles. The minimum Gasteiger partial charge on any atom is -0.488 e. The summed E-state index contributed by atoms with van der Waals surface area (Å²) in [7, 11) is 5.07. The maximum absolute atomic E-state index is 12.0. The number of fused-ring (bicyclic) bond motifs is 3. The number of carbonyl (C=O) groups excluding carboxylic acids is 3. The van der Waals surface area contributed by atoms with Crippen LogP contribution in [0.1, 0.15) is 146 Å². The van der Waals surface area contributed by atoms with Gasteiger partial charge in [0.15, 0.2) is 0 Å². The summed E-state index contributed by atoms with van der Waals surface area (Å²) in [6, 6.07) is 19.6. The number of hydrogen-bond acceptors (Lipinski definition) is 22. The monoisotopic (exact) mass is 1320 g/mol. The van der Waals surface area contributed by atoms with Crippen molar-refractivity contribution >= 4 is 85.2 Å². The highest BCUT2D eigenvalue weighted by molar-refractivity contribution is 5.94. The van der Waals surface area contributed by atoms with Crippen LogP contribution in [0.25, 0.3) is 33.1 Å². The number of pyridine rings is 2. The Morgan fingerprint density at radius 3 is 1.20 bits per heavy atom. The first-order valence-corrected chi connectivity index (χ1v) is 33.5. The van der Waals surface area contributed by atoms with Crippen LogP contribution >= 0.6 is 0 Å². The number of nitrogens with one attached hydrogen (secondary N) is 5. The SMILES string of the molecule is CC(=O)NC1CCC(Nc2cc(N)cc3nccnc23)CC1.CCOCC.CCOCC.CCOCC.CN(C)C(=O)c1ccc(NC2CCC(Oc3cc(N)cc4nccnc34)CC2)nc1.CNC(=O)c1ccc(NC2CCC(Oc3cc(N)cc4nccnc34)CC2)nc1. The number of carbonyl (C=O) groups is 3. The molecule has 5 aromatic heterocycles. The fourth-order valence-corrected chi connectivity index (χ4v) is 11.1. The molecule has 0 unspecified atom stereocenters. The Balaban J connectivity index is 0.000000207. The lowest BCUT2D eigenvalue weighted by atomic mass is 9.91.